The zero-order valence-electron chi connectivity index (χ0n) is 34.2. The van der Waals surface area contributed by atoms with E-state index < -0.39 is 38.6 Å². The Hall–Kier alpha value is -2.81. The predicted octanol–water partition coefficient (Wildman–Crippen LogP) is 11.8. The molecule has 0 fully saturated rings. The van der Waals surface area contributed by atoms with Crippen LogP contribution in [0.2, 0.25) is 0 Å². The Kier molecular flexibility index (Phi) is 37.4. The van der Waals surface area contributed by atoms with Crippen LogP contribution < -0.4 is 0 Å². The lowest BCUT2D eigenvalue weighted by Crippen LogP contribution is -2.29. The average Bonchev–Trinajstić information content (AvgIpc) is 3.15. The normalized spacial score (nSPS) is 13.9. The molecule has 0 amide bonds. The average molecular weight is 791 g/mol. The Balaban J connectivity index is 4.11. The van der Waals surface area contributed by atoms with Crippen LogP contribution in [0.1, 0.15) is 162 Å². The van der Waals surface area contributed by atoms with Crippen LogP contribution in [0.5, 0.6) is 0 Å². The van der Waals surface area contributed by atoms with Crippen LogP contribution in [0, 0.1) is 0 Å². The first-order valence-corrected chi connectivity index (χ1v) is 22.5. The topological polar surface area (TPSA) is 140 Å². The summed E-state index contributed by atoms with van der Waals surface area (Å²) in [7, 11) is -4.79. The number of rotatable bonds is 37. The third kappa shape index (κ3) is 42.2. The molecule has 0 rings (SSSR count). The Morgan fingerprint density at radius 3 is 1.73 bits per heavy atom. The fourth-order valence-corrected chi connectivity index (χ4v) is 5.72. The van der Waals surface area contributed by atoms with Gasteiger partial charge in [-0.2, -0.15) is 0 Å². The monoisotopic (exact) mass is 791 g/mol. The van der Waals surface area contributed by atoms with Crippen molar-refractivity contribution in [1.82, 2.24) is 0 Å². The number of carbonyl (C=O) groups excluding carboxylic acids is 2. The fourth-order valence-electron chi connectivity index (χ4n) is 5.36. The van der Waals surface area contributed by atoms with E-state index in [1.807, 2.05) is 48.6 Å². The van der Waals surface area contributed by atoms with Crippen molar-refractivity contribution in [3.05, 3.63) is 85.1 Å². The molecule has 55 heavy (non-hydrogen) atoms. The molecule has 0 spiro atoms. The molecule has 0 heterocycles. The van der Waals surface area contributed by atoms with E-state index in [2.05, 4.69) is 48.8 Å². The molecule has 3 N–H and O–H groups in total. The van der Waals surface area contributed by atoms with Gasteiger partial charge in [-0.1, -0.05) is 163 Å². The Bertz CT molecular complexity index is 1180. The van der Waals surface area contributed by atoms with Gasteiger partial charge >= 0.3 is 19.8 Å². The number of phosphoric ester groups is 1. The van der Waals surface area contributed by atoms with E-state index in [-0.39, 0.29) is 19.4 Å². The van der Waals surface area contributed by atoms with Crippen molar-refractivity contribution in [2.75, 3.05) is 13.2 Å². The van der Waals surface area contributed by atoms with Gasteiger partial charge in [0.25, 0.3) is 0 Å². The molecule has 0 aliphatic carbocycles. The van der Waals surface area contributed by atoms with E-state index in [1.54, 1.807) is 6.08 Å². The highest BCUT2D eigenvalue weighted by Crippen LogP contribution is 2.36. The summed E-state index contributed by atoms with van der Waals surface area (Å²) in [5, 5.41) is 9.81. The van der Waals surface area contributed by atoms with Crippen molar-refractivity contribution < 1.29 is 43.0 Å². The minimum absolute atomic E-state index is 0.122. The number of aliphatic hydroxyl groups excluding tert-OH is 1. The van der Waals surface area contributed by atoms with Gasteiger partial charge in [-0.25, -0.2) is 4.57 Å². The summed E-state index contributed by atoms with van der Waals surface area (Å²) >= 11 is 0. The van der Waals surface area contributed by atoms with Crippen LogP contribution in [0.4, 0.5) is 0 Å². The van der Waals surface area contributed by atoms with Gasteiger partial charge in [-0.3, -0.25) is 14.1 Å². The van der Waals surface area contributed by atoms with Gasteiger partial charge < -0.3 is 24.4 Å². The number of hydrogen-bond donors (Lipinski definition) is 3. The molecule has 1 unspecified atom stereocenters. The Morgan fingerprint density at radius 2 is 1.13 bits per heavy atom. The van der Waals surface area contributed by atoms with E-state index >= 15 is 0 Å². The number of aliphatic hydroxyl groups is 1. The molecule has 0 aromatic heterocycles. The number of esters is 2. The largest absolute Gasteiger partial charge is 0.469 e. The van der Waals surface area contributed by atoms with Crippen molar-refractivity contribution >= 4 is 19.8 Å². The number of allylic oxidation sites excluding steroid dienone is 12. The van der Waals surface area contributed by atoms with Crippen molar-refractivity contribution in [2.24, 2.45) is 0 Å². The number of unbranched alkanes of at least 4 members (excludes halogenated alkanes) is 13. The fraction of sp³-hybridized carbons (Fsp3) is 0.644. The summed E-state index contributed by atoms with van der Waals surface area (Å²) in [4.78, 5) is 42.8. The van der Waals surface area contributed by atoms with Gasteiger partial charge in [-0.15, -0.1) is 0 Å². The second-order valence-corrected chi connectivity index (χ2v) is 15.0. The predicted molar refractivity (Wildman–Crippen MR) is 226 cm³/mol. The second-order valence-electron chi connectivity index (χ2n) is 13.8. The summed E-state index contributed by atoms with van der Waals surface area (Å²) in [6.07, 6.45) is 49.3. The van der Waals surface area contributed by atoms with Gasteiger partial charge in [0.2, 0.25) is 0 Å². The molecule has 0 radical (unpaired) electrons. The van der Waals surface area contributed by atoms with Crippen molar-refractivity contribution in [2.45, 2.75) is 174 Å². The molecule has 0 aromatic carbocycles. The number of hydrogen-bond acceptors (Lipinski definition) is 7. The van der Waals surface area contributed by atoms with Crippen LogP contribution >= 0.6 is 7.82 Å². The lowest BCUT2D eigenvalue weighted by molar-refractivity contribution is -0.161. The molecular weight excluding hydrogens is 715 g/mol. The zero-order chi connectivity index (χ0) is 40.5. The Labute approximate surface area is 334 Å². The summed E-state index contributed by atoms with van der Waals surface area (Å²) in [5.41, 5.74) is 0. The van der Waals surface area contributed by atoms with Crippen LogP contribution in [0.3, 0.4) is 0 Å². The van der Waals surface area contributed by atoms with Crippen molar-refractivity contribution in [3.63, 3.8) is 0 Å². The lowest BCUT2D eigenvalue weighted by atomic mass is 10.1. The van der Waals surface area contributed by atoms with Crippen LogP contribution in [-0.4, -0.2) is 52.3 Å². The summed E-state index contributed by atoms with van der Waals surface area (Å²) in [6.45, 7) is 3.40. The van der Waals surface area contributed by atoms with E-state index in [9.17, 15) is 19.3 Å². The quantitative estimate of drug-likeness (QED) is 0.0184. The standard InChI is InChI=1S/C45H75O9P/c1-3-5-7-8-9-10-11-12-13-14-15-18-22-25-28-31-35-39-45(48)54-43(41-53-55(49,50)51)40-52-44(47)38-34-30-27-24-21-19-16-17-20-23-26-29-33-37-42(46)36-32-6-4-2/h6,12-13,17,19-21,26-27,29-30,32-33,37,42-43,46H,3-5,7-11,14-16,18,22-25,28,31,34-36,38-41H2,1-2H3,(H2,49,50,51)/b13-12-,20-17-,21-19-,29-26+,30-27-,32-6-,37-33+/t42?,43-/m1/s1. The highest BCUT2D eigenvalue weighted by molar-refractivity contribution is 7.46. The zero-order valence-corrected chi connectivity index (χ0v) is 35.0. The molecule has 9 nitrogen and oxygen atoms in total. The molecule has 0 aromatic rings. The van der Waals surface area contributed by atoms with Crippen LogP contribution in [0.15, 0.2) is 85.1 Å². The number of carbonyl (C=O) groups is 2. The highest BCUT2D eigenvalue weighted by atomic mass is 31.2. The maximum Gasteiger partial charge on any atom is 0.469 e. The molecule has 0 aliphatic rings. The third-order valence-corrected chi connectivity index (χ3v) is 8.98. The summed E-state index contributed by atoms with van der Waals surface area (Å²) < 4.78 is 26.3. The third-order valence-electron chi connectivity index (χ3n) is 8.49. The van der Waals surface area contributed by atoms with E-state index in [4.69, 9.17) is 19.3 Å². The van der Waals surface area contributed by atoms with E-state index in [0.29, 0.717) is 19.3 Å². The lowest BCUT2D eigenvalue weighted by Gasteiger charge is -2.18. The van der Waals surface area contributed by atoms with Crippen molar-refractivity contribution in [1.29, 1.82) is 0 Å². The number of phosphoric acid groups is 1. The maximum absolute atomic E-state index is 12.4. The van der Waals surface area contributed by atoms with E-state index in [1.165, 1.54) is 64.2 Å². The van der Waals surface area contributed by atoms with E-state index in [0.717, 1.165) is 51.4 Å². The first-order valence-electron chi connectivity index (χ1n) is 21.0. The SMILES string of the molecule is CC/C=C\CC(O)/C=C/C=C/C/C=C\C/C=C\C/C=C\CCC(=O)OC[C@H](COP(=O)(O)O)OC(=O)CCCCCCCCC/C=C\CCCCCCCC. The van der Waals surface area contributed by atoms with Gasteiger partial charge in [0.05, 0.1) is 12.7 Å². The summed E-state index contributed by atoms with van der Waals surface area (Å²) in [6, 6.07) is 0. The molecule has 10 heteroatoms. The smallest absolute Gasteiger partial charge is 0.462 e. The maximum atomic E-state index is 12.4. The molecular formula is C45H75O9P. The minimum atomic E-state index is -4.79. The summed E-state index contributed by atoms with van der Waals surface area (Å²) in [5.74, 6) is -1.01. The second kappa shape index (κ2) is 39.4. The van der Waals surface area contributed by atoms with Gasteiger partial charge in [0, 0.05) is 12.8 Å². The molecule has 0 bridgehead atoms. The highest BCUT2D eigenvalue weighted by Gasteiger charge is 2.22. The molecule has 0 saturated heterocycles. The number of ether oxygens (including phenoxy) is 2. The Morgan fingerprint density at radius 1 is 0.582 bits per heavy atom. The first-order chi connectivity index (χ1) is 26.7. The van der Waals surface area contributed by atoms with Crippen LogP contribution in [-0.2, 0) is 28.2 Å². The van der Waals surface area contributed by atoms with Crippen molar-refractivity contribution in [3.8, 4) is 0 Å². The van der Waals surface area contributed by atoms with Crippen LogP contribution in [0.25, 0.3) is 0 Å². The molecule has 2 atom stereocenters. The van der Waals surface area contributed by atoms with Gasteiger partial charge in [-0.05, 0) is 70.6 Å². The molecule has 0 saturated carbocycles. The molecule has 314 valence electrons. The van der Waals surface area contributed by atoms with Gasteiger partial charge in [0.1, 0.15) is 6.61 Å². The molecule has 0 aliphatic heterocycles. The van der Waals surface area contributed by atoms with Gasteiger partial charge in [0.15, 0.2) is 6.10 Å². The minimum Gasteiger partial charge on any atom is -0.462 e. The first kappa shape index (κ1) is 52.2.